The number of nitrogens with one attached hydrogen (secondary N) is 2. The van der Waals surface area contributed by atoms with Gasteiger partial charge in [-0.2, -0.15) is 0 Å². The summed E-state index contributed by atoms with van der Waals surface area (Å²) in [4.78, 5) is 66.8. The molecule has 3 aromatic carbocycles. The highest BCUT2D eigenvalue weighted by molar-refractivity contribution is 6.08. The van der Waals surface area contributed by atoms with Crippen LogP contribution in [0.4, 0.5) is 11.4 Å². The Balaban J connectivity index is 0.902. The molecule has 1 aliphatic carbocycles. The summed E-state index contributed by atoms with van der Waals surface area (Å²) in [6.07, 6.45) is 4.49. The second-order valence-corrected chi connectivity index (χ2v) is 18.0. The number of aryl methyl sites for hydroxylation is 1. The average molecular weight is 1020 g/mol. The molecule has 402 valence electrons. The van der Waals surface area contributed by atoms with Crippen LogP contribution in [0.25, 0.3) is 11.3 Å². The summed E-state index contributed by atoms with van der Waals surface area (Å²) in [7, 11) is 3.36. The number of carbonyl (C=O) groups is 4. The molecule has 2 heterocycles. The number of amides is 4. The second-order valence-electron chi connectivity index (χ2n) is 18.0. The highest BCUT2D eigenvalue weighted by Gasteiger charge is 2.26. The van der Waals surface area contributed by atoms with E-state index < -0.39 is 5.91 Å². The largest absolute Gasteiger partial charge is 0.382 e. The number of hydrogen-bond acceptors (Lipinski definition) is 14. The fourth-order valence-electron chi connectivity index (χ4n) is 8.81. The van der Waals surface area contributed by atoms with Crippen molar-refractivity contribution in [2.75, 3.05) is 163 Å². The third-order valence-electron chi connectivity index (χ3n) is 13.0. The first-order valence-electron chi connectivity index (χ1n) is 26.1. The van der Waals surface area contributed by atoms with Crippen LogP contribution in [-0.4, -0.2) is 196 Å². The Bertz CT molecular complexity index is 2370. The number of anilines is 2. The predicted octanol–water partition coefficient (Wildman–Crippen LogP) is 5.62. The number of aromatic nitrogens is 1. The lowest BCUT2D eigenvalue weighted by Gasteiger charge is -2.35. The monoisotopic (exact) mass is 1020 g/mol. The lowest BCUT2D eigenvalue weighted by molar-refractivity contribution is -0.136. The molecule has 1 aliphatic heterocycles. The normalized spacial score (nSPS) is 14.7. The van der Waals surface area contributed by atoms with Crippen LogP contribution in [0.3, 0.4) is 0 Å². The van der Waals surface area contributed by atoms with Gasteiger partial charge in [0.05, 0.1) is 110 Å². The molecule has 2 aliphatic rings. The molecule has 1 aromatic heterocycles. The van der Waals surface area contributed by atoms with Crippen molar-refractivity contribution in [2.45, 2.75) is 39.2 Å². The second kappa shape index (κ2) is 31.8. The lowest BCUT2D eigenvalue weighted by atomic mass is 9.87. The first-order chi connectivity index (χ1) is 36.2. The summed E-state index contributed by atoms with van der Waals surface area (Å²) in [5, 5.41) is 6.33. The highest BCUT2D eigenvalue weighted by Crippen LogP contribution is 2.33. The van der Waals surface area contributed by atoms with Crippen LogP contribution in [0, 0.1) is 0 Å². The molecule has 1 atom stereocenters. The third kappa shape index (κ3) is 18.2. The van der Waals surface area contributed by atoms with Crippen LogP contribution < -0.4 is 15.5 Å². The van der Waals surface area contributed by atoms with E-state index in [0.717, 1.165) is 43.6 Å². The number of carbonyl (C=O) groups excluding carboxylic acids is 4. The number of methoxy groups -OCH3 is 1. The fourth-order valence-corrected chi connectivity index (χ4v) is 8.81. The zero-order valence-corrected chi connectivity index (χ0v) is 43.9. The van der Waals surface area contributed by atoms with Crippen molar-refractivity contribution >= 4 is 35.0 Å². The molecule has 4 amide bonds. The van der Waals surface area contributed by atoms with E-state index in [0.29, 0.717) is 152 Å². The van der Waals surface area contributed by atoms with Gasteiger partial charge in [-0.05, 0) is 92.8 Å². The van der Waals surface area contributed by atoms with Crippen molar-refractivity contribution in [3.8, 4) is 11.3 Å². The van der Waals surface area contributed by atoms with Gasteiger partial charge in [-0.1, -0.05) is 30.3 Å². The predicted molar refractivity (Wildman–Crippen MR) is 284 cm³/mol. The standard InChI is InChI=1S/C56H77N7O11/c1-5-62(6-2)47-17-18-51(49(41-47)52-40-45(19-20-57-52)55(66)58-50-16-10-12-43-11-7-8-15-48(43)50)59-54(65)44-13-9-14-46(39-44)56(67)60(3)21-22-61-23-24-63(53(64)42-61)25-26-69-29-30-71-33-34-73-37-38-74-36-35-72-32-31-70-28-27-68-4/h7-9,11,13-15,17-20,39-41,50H,5-6,10,12,16,21-38,42H2,1-4H3,(H,58,66)(H,59,65)/t50-/m0/s1. The summed E-state index contributed by atoms with van der Waals surface area (Å²) in [5.41, 5.74) is 6.25. The van der Waals surface area contributed by atoms with Crippen LogP contribution in [0.5, 0.6) is 0 Å². The minimum absolute atomic E-state index is 0.0155. The molecule has 0 radical (unpaired) electrons. The van der Waals surface area contributed by atoms with Crippen LogP contribution in [0.1, 0.15) is 74.9 Å². The summed E-state index contributed by atoms with van der Waals surface area (Å²) >= 11 is 0. The van der Waals surface area contributed by atoms with E-state index in [1.54, 1.807) is 66.6 Å². The topological polar surface area (TPSA) is 183 Å². The highest BCUT2D eigenvalue weighted by atomic mass is 16.6. The summed E-state index contributed by atoms with van der Waals surface area (Å²) in [5.74, 6) is -0.805. The molecule has 0 saturated carbocycles. The Morgan fingerprint density at radius 3 is 1.99 bits per heavy atom. The van der Waals surface area contributed by atoms with E-state index in [4.69, 9.17) is 33.2 Å². The zero-order valence-electron chi connectivity index (χ0n) is 43.9. The van der Waals surface area contributed by atoms with Gasteiger partial charge in [0.15, 0.2) is 0 Å². The summed E-state index contributed by atoms with van der Waals surface area (Å²) < 4.78 is 38.0. The van der Waals surface area contributed by atoms with Crippen LogP contribution in [-0.2, 0) is 44.4 Å². The molecule has 1 saturated heterocycles. The fraction of sp³-hybridized carbons (Fsp3) is 0.518. The van der Waals surface area contributed by atoms with Crippen molar-refractivity contribution in [1.82, 2.24) is 25.0 Å². The number of hydrogen-bond donors (Lipinski definition) is 2. The Labute approximate surface area is 436 Å². The number of fused-ring (bicyclic) bond motifs is 1. The lowest BCUT2D eigenvalue weighted by Crippen LogP contribution is -2.52. The molecule has 2 N–H and O–H groups in total. The van der Waals surface area contributed by atoms with Gasteiger partial charge in [-0.25, -0.2) is 0 Å². The van der Waals surface area contributed by atoms with Gasteiger partial charge in [0, 0.05) is 94.1 Å². The maximum Gasteiger partial charge on any atom is 0.255 e. The Morgan fingerprint density at radius 2 is 1.32 bits per heavy atom. The molecule has 18 nitrogen and oxygen atoms in total. The molecular weight excluding hydrogens is 947 g/mol. The van der Waals surface area contributed by atoms with Gasteiger partial charge >= 0.3 is 0 Å². The molecule has 0 unspecified atom stereocenters. The van der Waals surface area contributed by atoms with E-state index in [-0.39, 0.29) is 30.3 Å². The number of benzene rings is 3. The Kier molecular flexibility index (Phi) is 24.7. The number of nitrogens with zero attached hydrogens (tertiary/aromatic N) is 5. The van der Waals surface area contributed by atoms with Gasteiger partial charge in [-0.3, -0.25) is 29.1 Å². The van der Waals surface area contributed by atoms with Gasteiger partial charge in [0.1, 0.15) is 0 Å². The van der Waals surface area contributed by atoms with E-state index >= 15 is 0 Å². The molecule has 1 fully saturated rings. The van der Waals surface area contributed by atoms with Crippen LogP contribution in [0.2, 0.25) is 0 Å². The molecule has 74 heavy (non-hydrogen) atoms. The van der Waals surface area contributed by atoms with Gasteiger partial charge in [-0.15, -0.1) is 0 Å². The third-order valence-corrected chi connectivity index (χ3v) is 13.0. The smallest absolute Gasteiger partial charge is 0.255 e. The maximum atomic E-state index is 14.0. The van der Waals surface area contributed by atoms with E-state index in [2.05, 4.69) is 46.5 Å². The molecular formula is C56H77N7O11. The molecule has 4 aromatic rings. The summed E-state index contributed by atoms with van der Waals surface area (Å²) in [6, 6.07) is 24.1. The van der Waals surface area contributed by atoms with E-state index in [1.165, 1.54) is 5.56 Å². The minimum atomic E-state index is -0.395. The SMILES string of the molecule is CCN(CC)c1ccc(NC(=O)c2cccc(C(=O)N(C)CCN3CCN(CCOCCOCCOCCOCCOCCOCCOC)C(=O)C3)c2)c(-c2cc(C(=O)N[C@H]3CCCc4ccccc43)ccn2)c1. The van der Waals surface area contributed by atoms with Gasteiger partial charge in [0.2, 0.25) is 5.91 Å². The van der Waals surface area contributed by atoms with Crippen molar-refractivity contribution in [2.24, 2.45) is 0 Å². The number of piperazine rings is 1. The van der Waals surface area contributed by atoms with Crippen molar-refractivity contribution in [3.05, 3.63) is 113 Å². The van der Waals surface area contributed by atoms with Gasteiger partial charge < -0.3 is 58.5 Å². The molecule has 0 bridgehead atoms. The first-order valence-corrected chi connectivity index (χ1v) is 26.1. The van der Waals surface area contributed by atoms with Crippen LogP contribution >= 0.6 is 0 Å². The quantitative estimate of drug-likeness (QED) is 0.0562. The Morgan fingerprint density at radius 1 is 0.689 bits per heavy atom. The van der Waals surface area contributed by atoms with E-state index in [1.807, 2.05) is 35.2 Å². The number of pyridine rings is 1. The Hall–Kier alpha value is -5.83. The summed E-state index contributed by atoms with van der Waals surface area (Å²) in [6.45, 7) is 14.9. The van der Waals surface area contributed by atoms with Crippen molar-refractivity contribution < 1.29 is 52.3 Å². The molecule has 6 rings (SSSR count). The maximum absolute atomic E-state index is 14.0. The van der Waals surface area contributed by atoms with Gasteiger partial charge in [0.25, 0.3) is 17.7 Å². The number of ether oxygens (including phenoxy) is 7. The number of rotatable bonds is 33. The van der Waals surface area contributed by atoms with Crippen molar-refractivity contribution in [3.63, 3.8) is 0 Å². The zero-order chi connectivity index (χ0) is 52.3. The van der Waals surface area contributed by atoms with Crippen LogP contribution in [0.15, 0.2) is 85.1 Å². The van der Waals surface area contributed by atoms with E-state index in [9.17, 15) is 19.2 Å². The van der Waals surface area contributed by atoms with Crippen molar-refractivity contribution in [1.29, 1.82) is 0 Å². The average Bonchev–Trinajstić information content (AvgIpc) is 3.42. The molecule has 18 heteroatoms. The minimum Gasteiger partial charge on any atom is -0.382 e. The number of likely N-dealkylation sites (N-methyl/N-ethyl adjacent to an activating group) is 1. The molecule has 0 spiro atoms. The first kappa shape index (κ1) is 57.4.